The van der Waals surface area contributed by atoms with Crippen molar-refractivity contribution in [1.29, 1.82) is 0 Å². The standard InChI is InChI=1S/C24H25NO6S.C23H20F3NO5S/c1-30-22-15-14-20(16-23(22)31-2)32(28,29)25-21-9-4-3-7-18(21)8-5-6-17-10-12-19(13-11-17)24(26)27;24-23(25,26)32-19-12-14-20(15-13-19)33(30,31)27-21-7-2-1-5-17(21)6-3-4-16-8-10-18(11-9-16)22(28)29/h3-4,7,9-16,25H,5-6,8H2,1-2H3,(H,26,27);1-2,5,7-15,27H,3-4,6H2,(H,28,29). The first-order valence-corrected chi connectivity index (χ1v) is 22.8. The summed E-state index contributed by atoms with van der Waals surface area (Å²) in [6.07, 6.45) is -0.770. The summed E-state index contributed by atoms with van der Waals surface area (Å²) in [5.74, 6) is -1.68. The Kier molecular flexibility index (Phi) is 16.6. The van der Waals surface area contributed by atoms with Crippen LogP contribution in [0.25, 0.3) is 0 Å². The third kappa shape index (κ3) is 14.5. The Hall–Kier alpha value is -7.05. The topological polar surface area (TPSA) is 195 Å². The molecule has 0 saturated heterocycles. The number of carboxylic acid groups (broad SMARTS) is 2. The zero-order valence-electron chi connectivity index (χ0n) is 35.0. The molecule has 0 aliphatic carbocycles. The van der Waals surface area contributed by atoms with Crippen molar-refractivity contribution >= 4 is 43.4 Å². The highest BCUT2D eigenvalue weighted by Crippen LogP contribution is 2.31. The number of ether oxygens (including phenoxy) is 3. The third-order valence-corrected chi connectivity index (χ3v) is 12.5. The molecule has 0 atom stereocenters. The van der Waals surface area contributed by atoms with Gasteiger partial charge in [0.2, 0.25) is 0 Å². The van der Waals surface area contributed by atoms with Crippen LogP contribution in [-0.2, 0) is 45.7 Å². The number of nitrogens with one attached hydrogen (secondary N) is 2. The van der Waals surface area contributed by atoms with Gasteiger partial charge in [-0.2, -0.15) is 0 Å². The van der Waals surface area contributed by atoms with E-state index >= 15 is 0 Å². The molecule has 0 bridgehead atoms. The average Bonchev–Trinajstić information content (AvgIpc) is 3.27. The first kappa shape index (κ1) is 49.0. The van der Waals surface area contributed by atoms with E-state index in [0.717, 1.165) is 59.4 Å². The zero-order valence-corrected chi connectivity index (χ0v) is 36.7. The fourth-order valence-electron chi connectivity index (χ4n) is 6.48. The maximum Gasteiger partial charge on any atom is 0.573 e. The maximum absolute atomic E-state index is 12.9. The summed E-state index contributed by atoms with van der Waals surface area (Å²) in [5, 5.41) is 17.9. The number of methoxy groups -OCH3 is 2. The Morgan fingerprint density at radius 1 is 0.538 bits per heavy atom. The van der Waals surface area contributed by atoms with Gasteiger partial charge in [-0.3, -0.25) is 9.44 Å². The second-order valence-electron chi connectivity index (χ2n) is 14.3. The van der Waals surface area contributed by atoms with Crippen LogP contribution in [0, 0.1) is 0 Å². The van der Waals surface area contributed by atoms with Gasteiger partial charge in [-0.05, 0) is 134 Å². The van der Waals surface area contributed by atoms with Gasteiger partial charge >= 0.3 is 18.3 Å². The molecule has 0 saturated carbocycles. The molecule has 0 aromatic heterocycles. The van der Waals surface area contributed by atoms with Crippen LogP contribution in [0.3, 0.4) is 0 Å². The minimum atomic E-state index is -4.87. The van der Waals surface area contributed by atoms with Crippen LogP contribution in [-0.4, -0.2) is 59.6 Å². The first-order chi connectivity index (χ1) is 30.9. The molecule has 65 heavy (non-hydrogen) atoms. The van der Waals surface area contributed by atoms with Crippen molar-refractivity contribution in [3.8, 4) is 17.2 Å². The molecule has 0 unspecified atom stereocenters. The summed E-state index contributed by atoms with van der Waals surface area (Å²) in [4.78, 5) is 21.8. The Morgan fingerprint density at radius 2 is 0.954 bits per heavy atom. The number of benzene rings is 6. The van der Waals surface area contributed by atoms with Crippen molar-refractivity contribution in [2.75, 3.05) is 23.7 Å². The Balaban J connectivity index is 0.000000244. The molecule has 0 spiro atoms. The molecule has 342 valence electrons. The van der Waals surface area contributed by atoms with Gasteiger partial charge in [0.25, 0.3) is 20.0 Å². The van der Waals surface area contributed by atoms with Crippen LogP contribution in [0.2, 0.25) is 0 Å². The molecule has 6 aromatic carbocycles. The van der Waals surface area contributed by atoms with E-state index in [1.165, 1.54) is 38.5 Å². The quantitative estimate of drug-likeness (QED) is 0.0604. The fourth-order valence-corrected chi connectivity index (χ4v) is 8.70. The molecule has 4 N–H and O–H groups in total. The van der Waals surface area contributed by atoms with Crippen LogP contribution >= 0.6 is 0 Å². The van der Waals surface area contributed by atoms with Crippen molar-refractivity contribution in [2.45, 2.75) is 54.7 Å². The molecule has 13 nitrogen and oxygen atoms in total. The molecule has 0 fully saturated rings. The van der Waals surface area contributed by atoms with Crippen molar-refractivity contribution in [1.82, 2.24) is 0 Å². The summed E-state index contributed by atoms with van der Waals surface area (Å²) >= 11 is 0. The monoisotopic (exact) mass is 934 g/mol. The van der Waals surface area contributed by atoms with Crippen molar-refractivity contribution < 1.29 is 64.0 Å². The van der Waals surface area contributed by atoms with Gasteiger partial charge < -0.3 is 24.4 Å². The molecule has 6 aromatic rings. The van der Waals surface area contributed by atoms with Crippen molar-refractivity contribution in [2.24, 2.45) is 0 Å². The number of alkyl halides is 3. The maximum atomic E-state index is 12.9. The lowest BCUT2D eigenvalue weighted by Gasteiger charge is -2.14. The third-order valence-electron chi connectivity index (χ3n) is 9.78. The van der Waals surface area contributed by atoms with E-state index in [4.69, 9.17) is 19.7 Å². The van der Waals surface area contributed by atoms with E-state index < -0.39 is 44.1 Å². The molecule has 0 heterocycles. The zero-order chi connectivity index (χ0) is 47.2. The molecule has 18 heteroatoms. The van der Waals surface area contributed by atoms with E-state index in [-0.39, 0.29) is 20.9 Å². The lowest BCUT2D eigenvalue weighted by atomic mass is 10.0. The largest absolute Gasteiger partial charge is 0.573 e. The number of aryl methyl sites for hydroxylation is 4. The van der Waals surface area contributed by atoms with Crippen LogP contribution in [0.15, 0.2) is 149 Å². The smallest absolute Gasteiger partial charge is 0.493 e. The van der Waals surface area contributed by atoms with Gasteiger partial charge in [0, 0.05) is 6.07 Å². The SMILES string of the molecule is COc1ccc(S(=O)(=O)Nc2ccccc2CCCc2ccc(C(=O)O)cc2)cc1OC.O=C(O)c1ccc(CCCc2ccccc2NS(=O)(=O)c2ccc(OC(F)(F)F)cc2)cc1. The van der Waals surface area contributed by atoms with Gasteiger partial charge in [0.1, 0.15) is 5.75 Å². The number of sulfonamides is 2. The van der Waals surface area contributed by atoms with Crippen LogP contribution in [0.5, 0.6) is 17.2 Å². The number of halogens is 3. The number of hydrogen-bond acceptors (Lipinski definition) is 9. The van der Waals surface area contributed by atoms with Gasteiger partial charge in [-0.15, -0.1) is 13.2 Å². The summed E-state index contributed by atoms with van der Waals surface area (Å²) < 4.78 is 107. The molecular weight excluding hydrogens is 890 g/mol. The van der Waals surface area contributed by atoms with E-state index in [1.807, 2.05) is 12.1 Å². The normalized spacial score (nSPS) is 11.4. The highest BCUT2D eigenvalue weighted by molar-refractivity contribution is 7.93. The van der Waals surface area contributed by atoms with Gasteiger partial charge in [-0.1, -0.05) is 60.7 Å². The number of carboxylic acids is 2. The van der Waals surface area contributed by atoms with E-state index in [2.05, 4.69) is 14.2 Å². The molecule has 0 aliphatic heterocycles. The predicted octanol–water partition coefficient (Wildman–Crippen LogP) is 9.64. The van der Waals surface area contributed by atoms with E-state index in [0.29, 0.717) is 48.6 Å². The first-order valence-electron chi connectivity index (χ1n) is 19.8. The Labute approximate surface area is 374 Å². The summed E-state index contributed by atoms with van der Waals surface area (Å²) in [7, 11) is -4.92. The number of rotatable bonds is 19. The lowest BCUT2D eigenvalue weighted by Crippen LogP contribution is -2.17. The molecule has 6 rings (SSSR count). The highest BCUT2D eigenvalue weighted by Gasteiger charge is 2.31. The second-order valence-corrected chi connectivity index (χ2v) is 17.6. The van der Waals surface area contributed by atoms with Gasteiger partial charge in [0.05, 0.1) is 46.5 Å². The summed E-state index contributed by atoms with van der Waals surface area (Å²) in [5.41, 5.74) is 4.95. The Bertz CT molecular complexity index is 2790. The number of hydrogen-bond donors (Lipinski definition) is 4. The molecule has 0 radical (unpaired) electrons. The van der Waals surface area contributed by atoms with Crippen LogP contribution < -0.4 is 23.7 Å². The number of carbonyl (C=O) groups is 2. The fraction of sp³-hybridized carbons (Fsp3) is 0.191. The number of anilines is 2. The van der Waals surface area contributed by atoms with Crippen LogP contribution in [0.1, 0.15) is 55.8 Å². The minimum Gasteiger partial charge on any atom is -0.493 e. The lowest BCUT2D eigenvalue weighted by molar-refractivity contribution is -0.274. The highest BCUT2D eigenvalue weighted by atomic mass is 32.2. The molecule has 0 amide bonds. The summed E-state index contributed by atoms with van der Waals surface area (Å²) in [6, 6.07) is 35.8. The van der Waals surface area contributed by atoms with E-state index in [1.54, 1.807) is 78.9 Å². The second kappa shape index (κ2) is 22.0. The Morgan fingerprint density at radius 3 is 1.37 bits per heavy atom. The number of aromatic carboxylic acids is 2. The molecular formula is C47H45F3N2O11S2. The van der Waals surface area contributed by atoms with Gasteiger partial charge in [-0.25, -0.2) is 26.4 Å². The predicted molar refractivity (Wildman–Crippen MR) is 238 cm³/mol. The molecule has 0 aliphatic rings. The van der Waals surface area contributed by atoms with Crippen LogP contribution in [0.4, 0.5) is 24.5 Å². The number of para-hydroxylation sites is 2. The van der Waals surface area contributed by atoms with Crippen molar-refractivity contribution in [3.05, 3.63) is 173 Å². The summed E-state index contributed by atoms with van der Waals surface area (Å²) in [6.45, 7) is 0. The van der Waals surface area contributed by atoms with Crippen molar-refractivity contribution in [3.63, 3.8) is 0 Å². The van der Waals surface area contributed by atoms with Gasteiger partial charge in [0.15, 0.2) is 11.5 Å². The minimum absolute atomic E-state index is 0.0727. The van der Waals surface area contributed by atoms with E-state index in [9.17, 15) is 39.6 Å². The average molecular weight is 935 g/mol.